The maximum Gasteiger partial charge on any atom is 0.138 e. The van der Waals surface area contributed by atoms with E-state index in [1.54, 1.807) is 6.33 Å². The van der Waals surface area contributed by atoms with Crippen LogP contribution in [0.1, 0.15) is 26.1 Å². The van der Waals surface area contributed by atoms with Gasteiger partial charge in [0, 0.05) is 13.5 Å². The Labute approximate surface area is 92.1 Å². The van der Waals surface area contributed by atoms with Crippen LogP contribution in [-0.4, -0.2) is 28.4 Å². The zero-order valence-corrected chi connectivity index (χ0v) is 10.2. The SMILES string of the molecule is CNCC(Cc1ncnn1C)CC(C)C. The molecule has 1 heterocycles. The quantitative estimate of drug-likeness (QED) is 0.768. The van der Waals surface area contributed by atoms with Gasteiger partial charge in [0.2, 0.25) is 0 Å². The minimum Gasteiger partial charge on any atom is -0.319 e. The molecule has 86 valence electrons. The van der Waals surface area contributed by atoms with E-state index in [0.717, 1.165) is 24.7 Å². The number of rotatable bonds is 6. The number of nitrogens with one attached hydrogen (secondary N) is 1. The van der Waals surface area contributed by atoms with Crippen molar-refractivity contribution in [3.8, 4) is 0 Å². The Balaban J connectivity index is 2.54. The first-order chi connectivity index (χ1) is 7.13. The van der Waals surface area contributed by atoms with E-state index in [1.807, 2.05) is 18.8 Å². The number of aromatic nitrogens is 3. The predicted molar refractivity (Wildman–Crippen MR) is 61.6 cm³/mol. The summed E-state index contributed by atoms with van der Waals surface area (Å²) in [5.41, 5.74) is 0. The molecule has 1 aromatic heterocycles. The van der Waals surface area contributed by atoms with Crippen molar-refractivity contribution in [2.45, 2.75) is 26.7 Å². The summed E-state index contributed by atoms with van der Waals surface area (Å²) in [6.07, 6.45) is 3.87. The predicted octanol–water partition coefficient (Wildman–Crippen LogP) is 1.24. The summed E-state index contributed by atoms with van der Waals surface area (Å²) in [7, 11) is 3.96. The molecule has 1 atom stereocenters. The number of nitrogens with zero attached hydrogens (tertiary/aromatic N) is 3. The molecule has 0 aliphatic carbocycles. The second kappa shape index (κ2) is 5.85. The summed E-state index contributed by atoms with van der Waals surface area (Å²) in [5.74, 6) is 2.46. The molecule has 0 bridgehead atoms. The van der Waals surface area contributed by atoms with Gasteiger partial charge in [-0.2, -0.15) is 5.10 Å². The number of hydrogen-bond acceptors (Lipinski definition) is 3. The third kappa shape index (κ3) is 4.00. The van der Waals surface area contributed by atoms with Crippen molar-refractivity contribution in [1.29, 1.82) is 0 Å². The molecule has 0 aliphatic rings. The van der Waals surface area contributed by atoms with Crippen molar-refractivity contribution in [1.82, 2.24) is 20.1 Å². The van der Waals surface area contributed by atoms with Crippen LogP contribution < -0.4 is 5.32 Å². The lowest BCUT2D eigenvalue weighted by Crippen LogP contribution is -2.23. The summed E-state index contributed by atoms with van der Waals surface area (Å²) in [4.78, 5) is 4.27. The Hall–Kier alpha value is -0.900. The first-order valence-electron chi connectivity index (χ1n) is 5.61. The van der Waals surface area contributed by atoms with Gasteiger partial charge in [0.25, 0.3) is 0 Å². The second-order valence-electron chi connectivity index (χ2n) is 4.56. The van der Waals surface area contributed by atoms with Gasteiger partial charge in [0.1, 0.15) is 12.2 Å². The molecule has 1 unspecified atom stereocenters. The Morgan fingerprint density at radius 1 is 1.47 bits per heavy atom. The number of aryl methyl sites for hydroxylation is 1. The molecular formula is C11H22N4. The number of hydrogen-bond donors (Lipinski definition) is 1. The molecule has 0 fully saturated rings. The van der Waals surface area contributed by atoms with Gasteiger partial charge in [-0.3, -0.25) is 4.68 Å². The van der Waals surface area contributed by atoms with Gasteiger partial charge in [-0.15, -0.1) is 0 Å². The summed E-state index contributed by atoms with van der Waals surface area (Å²) >= 11 is 0. The molecule has 0 aliphatic heterocycles. The van der Waals surface area contributed by atoms with Gasteiger partial charge in [0.05, 0.1) is 0 Å². The minimum absolute atomic E-state index is 0.651. The molecule has 0 radical (unpaired) electrons. The first-order valence-corrected chi connectivity index (χ1v) is 5.61. The monoisotopic (exact) mass is 210 g/mol. The van der Waals surface area contributed by atoms with E-state index in [0.29, 0.717) is 5.92 Å². The minimum atomic E-state index is 0.651. The van der Waals surface area contributed by atoms with Gasteiger partial charge in [-0.25, -0.2) is 4.98 Å². The molecule has 0 saturated carbocycles. The molecule has 0 saturated heterocycles. The van der Waals surface area contributed by atoms with Crippen LogP contribution >= 0.6 is 0 Å². The van der Waals surface area contributed by atoms with Crippen molar-refractivity contribution >= 4 is 0 Å². The average molecular weight is 210 g/mol. The molecule has 1 rings (SSSR count). The van der Waals surface area contributed by atoms with E-state index >= 15 is 0 Å². The van der Waals surface area contributed by atoms with Gasteiger partial charge in [-0.1, -0.05) is 13.8 Å². The molecule has 1 N–H and O–H groups in total. The molecule has 15 heavy (non-hydrogen) atoms. The highest BCUT2D eigenvalue weighted by Gasteiger charge is 2.13. The summed E-state index contributed by atoms with van der Waals surface area (Å²) in [5, 5.41) is 7.34. The summed E-state index contributed by atoms with van der Waals surface area (Å²) < 4.78 is 1.86. The normalized spacial score (nSPS) is 13.4. The smallest absolute Gasteiger partial charge is 0.138 e. The lowest BCUT2D eigenvalue weighted by Gasteiger charge is -2.17. The molecule has 0 spiro atoms. The highest BCUT2D eigenvalue weighted by molar-refractivity contribution is 4.87. The molecule has 4 heteroatoms. The fraction of sp³-hybridized carbons (Fsp3) is 0.818. The topological polar surface area (TPSA) is 42.7 Å². The zero-order valence-electron chi connectivity index (χ0n) is 10.2. The maximum absolute atomic E-state index is 4.27. The van der Waals surface area contributed by atoms with Gasteiger partial charge in [-0.05, 0) is 31.8 Å². The molecule has 1 aromatic rings. The van der Waals surface area contributed by atoms with Crippen LogP contribution in [0.2, 0.25) is 0 Å². The van der Waals surface area contributed by atoms with E-state index in [1.165, 1.54) is 6.42 Å². The Kier molecular flexibility index (Phi) is 4.75. The second-order valence-corrected chi connectivity index (χ2v) is 4.56. The third-order valence-electron chi connectivity index (χ3n) is 2.57. The van der Waals surface area contributed by atoms with Crippen molar-refractivity contribution in [2.75, 3.05) is 13.6 Å². The van der Waals surface area contributed by atoms with Gasteiger partial charge < -0.3 is 5.32 Å². The van der Waals surface area contributed by atoms with E-state index in [2.05, 4.69) is 29.2 Å². The van der Waals surface area contributed by atoms with Crippen LogP contribution in [0.4, 0.5) is 0 Å². The Bertz CT molecular complexity index is 280. The Morgan fingerprint density at radius 2 is 2.20 bits per heavy atom. The first kappa shape index (κ1) is 12.2. The van der Waals surface area contributed by atoms with Crippen molar-refractivity contribution < 1.29 is 0 Å². The van der Waals surface area contributed by atoms with E-state index in [4.69, 9.17) is 0 Å². The van der Waals surface area contributed by atoms with Crippen molar-refractivity contribution in [3.63, 3.8) is 0 Å². The van der Waals surface area contributed by atoms with E-state index in [-0.39, 0.29) is 0 Å². The molecular weight excluding hydrogens is 188 g/mol. The van der Waals surface area contributed by atoms with Crippen LogP contribution in [0.25, 0.3) is 0 Å². The van der Waals surface area contributed by atoms with E-state index < -0.39 is 0 Å². The van der Waals surface area contributed by atoms with Crippen LogP contribution in [-0.2, 0) is 13.5 Å². The van der Waals surface area contributed by atoms with Crippen molar-refractivity contribution in [2.24, 2.45) is 18.9 Å². The standard InChI is InChI=1S/C11H22N4/c1-9(2)5-10(7-12-3)6-11-13-8-14-15(11)4/h8-10,12H,5-7H2,1-4H3. The lowest BCUT2D eigenvalue weighted by atomic mass is 9.94. The zero-order chi connectivity index (χ0) is 11.3. The lowest BCUT2D eigenvalue weighted by molar-refractivity contribution is 0.384. The van der Waals surface area contributed by atoms with Crippen LogP contribution in [0, 0.1) is 11.8 Å². The fourth-order valence-electron chi connectivity index (χ4n) is 1.96. The molecule has 4 nitrogen and oxygen atoms in total. The van der Waals surface area contributed by atoms with Gasteiger partial charge in [0.15, 0.2) is 0 Å². The van der Waals surface area contributed by atoms with Crippen LogP contribution in [0.3, 0.4) is 0 Å². The van der Waals surface area contributed by atoms with Crippen LogP contribution in [0.5, 0.6) is 0 Å². The van der Waals surface area contributed by atoms with E-state index in [9.17, 15) is 0 Å². The summed E-state index contributed by atoms with van der Waals surface area (Å²) in [6.45, 7) is 5.57. The maximum atomic E-state index is 4.27. The highest BCUT2D eigenvalue weighted by Crippen LogP contribution is 2.15. The summed E-state index contributed by atoms with van der Waals surface area (Å²) in [6, 6.07) is 0. The fourth-order valence-corrected chi connectivity index (χ4v) is 1.96. The Morgan fingerprint density at radius 3 is 2.67 bits per heavy atom. The van der Waals surface area contributed by atoms with Crippen LogP contribution in [0.15, 0.2) is 6.33 Å². The largest absolute Gasteiger partial charge is 0.319 e. The molecule has 0 amide bonds. The van der Waals surface area contributed by atoms with Crippen molar-refractivity contribution in [3.05, 3.63) is 12.2 Å². The van der Waals surface area contributed by atoms with Gasteiger partial charge >= 0.3 is 0 Å². The third-order valence-corrected chi connectivity index (χ3v) is 2.57. The molecule has 0 aromatic carbocycles. The average Bonchev–Trinajstić information content (AvgIpc) is 2.51. The highest BCUT2D eigenvalue weighted by atomic mass is 15.3.